The number of ether oxygens (including phenoxy) is 1. The summed E-state index contributed by atoms with van der Waals surface area (Å²) in [5, 5.41) is 13.9. The van der Waals surface area contributed by atoms with Gasteiger partial charge in [0, 0.05) is 17.7 Å². The van der Waals surface area contributed by atoms with Crippen LogP contribution in [0.2, 0.25) is 0 Å². The summed E-state index contributed by atoms with van der Waals surface area (Å²) in [5.41, 5.74) is 8.58. The van der Waals surface area contributed by atoms with Gasteiger partial charge in [-0.05, 0) is 67.2 Å². The highest BCUT2D eigenvalue weighted by Gasteiger charge is 2.18. The van der Waals surface area contributed by atoms with E-state index in [1.54, 1.807) is 30.3 Å². The van der Waals surface area contributed by atoms with Gasteiger partial charge in [-0.1, -0.05) is 18.2 Å². The van der Waals surface area contributed by atoms with E-state index in [9.17, 15) is 9.59 Å². The molecule has 7 nitrogen and oxygen atoms in total. The van der Waals surface area contributed by atoms with Gasteiger partial charge in [0.25, 0.3) is 0 Å². The fraction of sp³-hybridized carbons (Fsp3) is 0.318. The standard InChI is InChI=1S/C22H26N4O3/c1-29-22(28)18-11-17(15-3-2-4-16(10-15)21(23)24)12-19(13-18)26-20(27)9-14-5-7-25-8-6-14/h2-4,10-14,25H,5-9H2,1H3,(H3,23,24)(H,26,27). The Hall–Kier alpha value is -3.19. The van der Waals surface area contributed by atoms with Crippen molar-refractivity contribution in [1.29, 1.82) is 5.41 Å². The zero-order valence-corrected chi connectivity index (χ0v) is 16.5. The molecule has 1 amide bonds. The van der Waals surface area contributed by atoms with E-state index in [1.807, 2.05) is 12.1 Å². The first-order valence-corrected chi connectivity index (χ1v) is 9.65. The SMILES string of the molecule is COC(=O)c1cc(NC(=O)CC2CCNCC2)cc(-c2cccc(C(=N)N)c2)c1. The topological polar surface area (TPSA) is 117 Å². The Kier molecular flexibility index (Phi) is 6.61. The molecule has 0 aromatic heterocycles. The largest absolute Gasteiger partial charge is 0.465 e. The molecule has 7 heteroatoms. The number of hydrogen-bond acceptors (Lipinski definition) is 5. The monoisotopic (exact) mass is 394 g/mol. The Morgan fingerprint density at radius 3 is 2.55 bits per heavy atom. The smallest absolute Gasteiger partial charge is 0.337 e. The highest BCUT2D eigenvalue weighted by molar-refractivity contribution is 5.98. The number of piperidine rings is 1. The van der Waals surface area contributed by atoms with E-state index in [0.29, 0.717) is 29.2 Å². The number of carbonyl (C=O) groups is 2. The molecule has 1 aliphatic rings. The number of nitrogen functional groups attached to an aromatic ring is 1. The zero-order chi connectivity index (χ0) is 20.8. The van der Waals surface area contributed by atoms with Crippen LogP contribution in [0.25, 0.3) is 11.1 Å². The Balaban J connectivity index is 1.87. The zero-order valence-electron chi connectivity index (χ0n) is 16.5. The van der Waals surface area contributed by atoms with Crippen molar-refractivity contribution in [3.63, 3.8) is 0 Å². The van der Waals surface area contributed by atoms with Crippen LogP contribution in [0, 0.1) is 11.3 Å². The van der Waals surface area contributed by atoms with Crippen LogP contribution in [0.15, 0.2) is 42.5 Å². The number of esters is 1. The van der Waals surface area contributed by atoms with Crippen molar-refractivity contribution in [2.75, 3.05) is 25.5 Å². The number of nitrogens with two attached hydrogens (primary N) is 1. The minimum absolute atomic E-state index is 0.0357. The summed E-state index contributed by atoms with van der Waals surface area (Å²) in [6, 6.07) is 12.3. The maximum Gasteiger partial charge on any atom is 0.337 e. The van der Waals surface area contributed by atoms with E-state index in [-0.39, 0.29) is 11.7 Å². The van der Waals surface area contributed by atoms with Gasteiger partial charge in [-0.2, -0.15) is 0 Å². The lowest BCUT2D eigenvalue weighted by Crippen LogP contribution is -2.30. The molecule has 0 spiro atoms. The molecule has 0 saturated carbocycles. The Labute approximate surface area is 170 Å². The van der Waals surface area contributed by atoms with Crippen LogP contribution in [0.4, 0.5) is 5.69 Å². The normalized spacial score (nSPS) is 14.2. The lowest BCUT2D eigenvalue weighted by Gasteiger charge is -2.22. The van der Waals surface area contributed by atoms with Crippen molar-refractivity contribution < 1.29 is 14.3 Å². The molecule has 5 N–H and O–H groups in total. The molecule has 0 bridgehead atoms. The lowest BCUT2D eigenvalue weighted by atomic mass is 9.94. The predicted octanol–water partition coefficient (Wildman–Crippen LogP) is 2.75. The fourth-order valence-corrected chi connectivity index (χ4v) is 3.53. The van der Waals surface area contributed by atoms with Crippen molar-refractivity contribution in [3.05, 3.63) is 53.6 Å². The van der Waals surface area contributed by atoms with E-state index < -0.39 is 5.97 Å². The fourth-order valence-electron chi connectivity index (χ4n) is 3.53. The molecule has 3 rings (SSSR count). The number of hydrogen-bond donors (Lipinski definition) is 4. The molecule has 1 fully saturated rings. The van der Waals surface area contributed by atoms with Crippen molar-refractivity contribution in [1.82, 2.24) is 5.32 Å². The van der Waals surface area contributed by atoms with E-state index in [1.165, 1.54) is 7.11 Å². The first-order valence-electron chi connectivity index (χ1n) is 9.65. The molecule has 0 radical (unpaired) electrons. The van der Waals surface area contributed by atoms with Gasteiger partial charge in [0.05, 0.1) is 12.7 Å². The molecule has 0 atom stereocenters. The molecule has 2 aromatic rings. The Morgan fingerprint density at radius 2 is 1.86 bits per heavy atom. The van der Waals surface area contributed by atoms with Crippen LogP contribution in [-0.2, 0) is 9.53 Å². The van der Waals surface area contributed by atoms with Gasteiger partial charge < -0.3 is 21.1 Å². The van der Waals surface area contributed by atoms with Crippen molar-refractivity contribution in [3.8, 4) is 11.1 Å². The van der Waals surface area contributed by atoms with E-state index in [0.717, 1.165) is 37.1 Å². The lowest BCUT2D eigenvalue weighted by molar-refractivity contribution is -0.117. The summed E-state index contributed by atoms with van der Waals surface area (Å²) in [4.78, 5) is 24.7. The van der Waals surface area contributed by atoms with Crippen LogP contribution < -0.4 is 16.4 Å². The molecular weight excluding hydrogens is 368 g/mol. The van der Waals surface area contributed by atoms with Gasteiger partial charge in [-0.3, -0.25) is 10.2 Å². The second kappa shape index (κ2) is 9.34. The third kappa shape index (κ3) is 5.42. The summed E-state index contributed by atoms with van der Waals surface area (Å²) in [7, 11) is 1.32. The van der Waals surface area contributed by atoms with Gasteiger partial charge >= 0.3 is 5.97 Å². The van der Waals surface area contributed by atoms with Crippen LogP contribution in [0.5, 0.6) is 0 Å². The van der Waals surface area contributed by atoms with Crippen molar-refractivity contribution >= 4 is 23.4 Å². The van der Waals surface area contributed by atoms with Gasteiger partial charge in [0.2, 0.25) is 5.91 Å². The minimum atomic E-state index is -0.483. The molecule has 29 heavy (non-hydrogen) atoms. The first-order chi connectivity index (χ1) is 14.0. The number of amides is 1. The number of anilines is 1. The second-order valence-corrected chi connectivity index (χ2v) is 7.23. The number of methoxy groups -OCH3 is 1. The molecule has 0 unspecified atom stereocenters. The van der Waals surface area contributed by atoms with Crippen LogP contribution in [-0.4, -0.2) is 37.9 Å². The maximum atomic E-state index is 12.5. The third-order valence-electron chi connectivity index (χ3n) is 5.08. The summed E-state index contributed by atoms with van der Waals surface area (Å²) >= 11 is 0. The average molecular weight is 394 g/mol. The summed E-state index contributed by atoms with van der Waals surface area (Å²) < 4.78 is 4.86. The summed E-state index contributed by atoms with van der Waals surface area (Å²) in [5.74, 6) is -0.219. The molecule has 1 saturated heterocycles. The van der Waals surface area contributed by atoms with E-state index in [4.69, 9.17) is 15.9 Å². The highest BCUT2D eigenvalue weighted by Crippen LogP contribution is 2.27. The average Bonchev–Trinajstić information content (AvgIpc) is 2.73. The highest BCUT2D eigenvalue weighted by atomic mass is 16.5. The first kappa shape index (κ1) is 20.5. The van der Waals surface area contributed by atoms with Gasteiger partial charge in [0.15, 0.2) is 0 Å². The number of rotatable bonds is 6. The van der Waals surface area contributed by atoms with Crippen LogP contribution in [0.3, 0.4) is 0 Å². The van der Waals surface area contributed by atoms with Crippen molar-refractivity contribution in [2.45, 2.75) is 19.3 Å². The molecule has 1 aliphatic heterocycles. The molecule has 1 heterocycles. The Morgan fingerprint density at radius 1 is 1.14 bits per heavy atom. The quantitative estimate of drug-likeness (QED) is 0.341. The molecular formula is C22H26N4O3. The van der Waals surface area contributed by atoms with Gasteiger partial charge in [0.1, 0.15) is 5.84 Å². The molecule has 0 aliphatic carbocycles. The maximum absolute atomic E-state index is 12.5. The van der Waals surface area contributed by atoms with Gasteiger partial charge in [-0.25, -0.2) is 4.79 Å². The molecule has 152 valence electrons. The minimum Gasteiger partial charge on any atom is -0.465 e. The third-order valence-corrected chi connectivity index (χ3v) is 5.08. The van der Waals surface area contributed by atoms with E-state index >= 15 is 0 Å². The van der Waals surface area contributed by atoms with Crippen molar-refractivity contribution in [2.24, 2.45) is 11.7 Å². The summed E-state index contributed by atoms with van der Waals surface area (Å²) in [6.45, 7) is 1.87. The number of nitrogens with one attached hydrogen (secondary N) is 3. The van der Waals surface area contributed by atoms with Gasteiger partial charge in [-0.15, -0.1) is 0 Å². The molecule has 2 aromatic carbocycles. The second-order valence-electron chi connectivity index (χ2n) is 7.23. The van der Waals surface area contributed by atoms with Crippen LogP contribution in [0.1, 0.15) is 35.2 Å². The predicted molar refractivity (Wildman–Crippen MR) is 113 cm³/mol. The summed E-state index contributed by atoms with van der Waals surface area (Å²) in [6.07, 6.45) is 2.43. The number of carbonyl (C=O) groups excluding carboxylic acids is 2. The number of amidine groups is 1. The number of benzene rings is 2. The Bertz CT molecular complexity index is 920. The van der Waals surface area contributed by atoms with Crippen LogP contribution >= 0.6 is 0 Å². The van der Waals surface area contributed by atoms with E-state index in [2.05, 4.69) is 10.6 Å².